The van der Waals surface area contributed by atoms with Gasteiger partial charge in [0.15, 0.2) is 8.55 Å². The molecule has 0 saturated carbocycles. The van der Waals surface area contributed by atoms with E-state index >= 15 is 0 Å². The number of nitrogens with one attached hydrogen (secondary N) is 1. The van der Waals surface area contributed by atoms with E-state index in [2.05, 4.69) is 14.7 Å². The van der Waals surface area contributed by atoms with Crippen molar-refractivity contribution >= 4 is 60.5 Å². The molecule has 0 fully saturated rings. The zero-order valence-corrected chi connectivity index (χ0v) is 15.3. The standard InChI is InChI=1S/C13H11N3O3S4/c1-7-12(22-13(15-7)20-2)23(18,19)16-11(17)9-5-10-8(6-14-9)3-4-21-10/h3-6H,1-2H3,(H,16,17). The van der Waals surface area contributed by atoms with Crippen LogP contribution in [0.2, 0.25) is 0 Å². The molecule has 0 bridgehead atoms. The van der Waals surface area contributed by atoms with Gasteiger partial charge in [0.25, 0.3) is 15.9 Å². The molecular formula is C13H11N3O3S4. The van der Waals surface area contributed by atoms with Gasteiger partial charge in [0.05, 0.1) is 5.69 Å². The lowest BCUT2D eigenvalue weighted by Crippen LogP contribution is -2.31. The maximum atomic E-state index is 12.4. The number of rotatable bonds is 4. The Kier molecular flexibility index (Phi) is 4.41. The van der Waals surface area contributed by atoms with E-state index in [9.17, 15) is 13.2 Å². The summed E-state index contributed by atoms with van der Waals surface area (Å²) in [6, 6.07) is 3.47. The molecule has 1 N–H and O–H groups in total. The number of nitrogens with zero attached hydrogens (tertiary/aromatic N) is 2. The molecule has 3 heterocycles. The predicted molar refractivity (Wildman–Crippen MR) is 92.9 cm³/mol. The molecule has 0 saturated heterocycles. The second kappa shape index (κ2) is 6.19. The van der Waals surface area contributed by atoms with Crippen molar-refractivity contribution in [2.45, 2.75) is 15.5 Å². The third kappa shape index (κ3) is 3.25. The fourth-order valence-electron chi connectivity index (χ4n) is 1.90. The van der Waals surface area contributed by atoms with E-state index in [0.29, 0.717) is 10.0 Å². The molecule has 23 heavy (non-hydrogen) atoms. The number of hydrogen-bond acceptors (Lipinski definition) is 8. The van der Waals surface area contributed by atoms with E-state index in [1.807, 2.05) is 17.7 Å². The maximum Gasteiger partial charge on any atom is 0.283 e. The van der Waals surface area contributed by atoms with Crippen LogP contribution in [0.3, 0.4) is 0 Å². The Bertz CT molecular complexity index is 991. The SMILES string of the molecule is CSc1nc(C)c(S(=O)(=O)NC(=O)c2cc3sccc3cn2)s1. The quantitative estimate of drug-likeness (QED) is 0.695. The number of aryl methyl sites for hydroxylation is 1. The minimum atomic E-state index is -3.96. The molecule has 0 aromatic carbocycles. The molecule has 10 heteroatoms. The monoisotopic (exact) mass is 385 g/mol. The van der Waals surface area contributed by atoms with Crippen LogP contribution in [0.15, 0.2) is 32.3 Å². The summed E-state index contributed by atoms with van der Waals surface area (Å²) in [4.78, 5) is 20.4. The molecule has 0 aliphatic rings. The van der Waals surface area contributed by atoms with Crippen molar-refractivity contribution in [2.75, 3.05) is 6.26 Å². The number of pyridine rings is 1. The molecule has 6 nitrogen and oxygen atoms in total. The van der Waals surface area contributed by atoms with Crippen LogP contribution in [0, 0.1) is 6.92 Å². The van der Waals surface area contributed by atoms with E-state index < -0.39 is 15.9 Å². The number of amides is 1. The highest BCUT2D eigenvalue weighted by Crippen LogP contribution is 2.29. The summed E-state index contributed by atoms with van der Waals surface area (Å²) in [6.45, 7) is 1.60. The van der Waals surface area contributed by atoms with Crippen LogP contribution in [-0.4, -0.2) is 30.5 Å². The second-order valence-corrected chi connectivity index (χ2v) is 9.40. The number of thiophene rings is 1. The van der Waals surface area contributed by atoms with Crippen LogP contribution < -0.4 is 4.72 Å². The van der Waals surface area contributed by atoms with Gasteiger partial charge in [-0.15, -0.1) is 11.3 Å². The summed E-state index contributed by atoms with van der Waals surface area (Å²) < 4.78 is 28.4. The first-order valence-corrected chi connectivity index (χ1v) is 10.7. The van der Waals surface area contributed by atoms with Gasteiger partial charge in [0.1, 0.15) is 5.69 Å². The third-order valence-electron chi connectivity index (χ3n) is 2.95. The van der Waals surface area contributed by atoms with Crippen LogP contribution in [0.25, 0.3) is 10.1 Å². The van der Waals surface area contributed by atoms with Gasteiger partial charge in [-0.25, -0.2) is 18.1 Å². The first-order valence-electron chi connectivity index (χ1n) is 6.32. The number of thiazole rings is 1. The van der Waals surface area contributed by atoms with Crippen molar-refractivity contribution in [3.05, 3.63) is 35.1 Å². The van der Waals surface area contributed by atoms with Crippen molar-refractivity contribution in [3.63, 3.8) is 0 Å². The lowest BCUT2D eigenvalue weighted by Gasteiger charge is -2.05. The number of sulfonamides is 1. The number of thioether (sulfide) groups is 1. The Morgan fingerprint density at radius 2 is 2.17 bits per heavy atom. The highest BCUT2D eigenvalue weighted by atomic mass is 32.3. The molecule has 3 aromatic heterocycles. The minimum Gasteiger partial charge on any atom is -0.266 e. The summed E-state index contributed by atoms with van der Waals surface area (Å²) in [7, 11) is -3.96. The van der Waals surface area contributed by atoms with Gasteiger partial charge < -0.3 is 0 Å². The number of carbonyl (C=O) groups is 1. The fraction of sp³-hybridized carbons (Fsp3) is 0.154. The van der Waals surface area contributed by atoms with Crippen LogP contribution in [0.4, 0.5) is 0 Å². The summed E-state index contributed by atoms with van der Waals surface area (Å²) in [6.07, 6.45) is 3.37. The first kappa shape index (κ1) is 16.4. The van der Waals surface area contributed by atoms with E-state index in [1.165, 1.54) is 23.1 Å². The molecule has 3 aromatic rings. The van der Waals surface area contributed by atoms with Crippen molar-refractivity contribution < 1.29 is 13.2 Å². The number of carbonyl (C=O) groups excluding carboxylic acids is 1. The van der Waals surface area contributed by atoms with Gasteiger partial charge in [0, 0.05) is 16.3 Å². The van der Waals surface area contributed by atoms with Crippen molar-refractivity contribution in [1.29, 1.82) is 0 Å². The highest BCUT2D eigenvalue weighted by Gasteiger charge is 2.25. The number of fused-ring (bicyclic) bond motifs is 1. The summed E-state index contributed by atoms with van der Waals surface area (Å²) >= 11 is 3.86. The Labute approximate surface area is 145 Å². The second-order valence-electron chi connectivity index (χ2n) is 4.52. The zero-order chi connectivity index (χ0) is 16.6. The van der Waals surface area contributed by atoms with Gasteiger partial charge >= 0.3 is 0 Å². The van der Waals surface area contributed by atoms with Crippen molar-refractivity contribution in [3.8, 4) is 0 Å². The lowest BCUT2D eigenvalue weighted by atomic mass is 10.3. The van der Waals surface area contributed by atoms with Crippen molar-refractivity contribution in [1.82, 2.24) is 14.7 Å². The number of aromatic nitrogens is 2. The van der Waals surface area contributed by atoms with Crippen LogP contribution in [0.1, 0.15) is 16.2 Å². The Morgan fingerprint density at radius 3 is 2.87 bits per heavy atom. The van der Waals surface area contributed by atoms with Gasteiger partial charge in [-0.05, 0) is 30.7 Å². The molecule has 0 aliphatic heterocycles. The molecule has 0 radical (unpaired) electrons. The van der Waals surface area contributed by atoms with E-state index in [-0.39, 0.29) is 9.90 Å². The molecule has 0 spiro atoms. The zero-order valence-electron chi connectivity index (χ0n) is 12.1. The van der Waals surface area contributed by atoms with Crippen LogP contribution in [0.5, 0.6) is 0 Å². The van der Waals surface area contributed by atoms with Gasteiger partial charge in [-0.3, -0.25) is 9.78 Å². The third-order valence-corrected chi connectivity index (χ3v) is 7.91. The molecule has 0 atom stereocenters. The van der Waals surface area contributed by atoms with E-state index in [0.717, 1.165) is 21.4 Å². The Balaban J connectivity index is 1.89. The van der Waals surface area contributed by atoms with Gasteiger partial charge in [-0.2, -0.15) is 0 Å². The summed E-state index contributed by atoms with van der Waals surface area (Å²) in [5.41, 5.74) is 0.442. The van der Waals surface area contributed by atoms with Crippen LogP contribution in [-0.2, 0) is 10.0 Å². The Hall–Kier alpha value is -1.49. The molecule has 0 unspecified atom stereocenters. The number of hydrogen-bond donors (Lipinski definition) is 1. The van der Waals surface area contributed by atoms with Crippen LogP contribution >= 0.6 is 34.4 Å². The maximum absolute atomic E-state index is 12.4. The average molecular weight is 386 g/mol. The molecule has 3 rings (SSSR count). The molecule has 1 amide bonds. The van der Waals surface area contributed by atoms with E-state index in [4.69, 9.17) is 0 Å². The topological polar surface area (TPSA) is 89.0 Å². The smallest absolute Gasteiger partial charge is 0.266 e. The Morgan fingerprint density at radius 1 is 1.39 bits per heavy atom. The normalized spacial score (nSPS) is 11.7. The van der Waals surface area contributed by atoms with Crippen molar-refractivity contribution in [2.24, 2.45) is 0 Å². The fourth-order valence-corrected chi connectivity index (χ4v) is 5.87. The molecular weight excluding hydrogens is 374 g/mol. The van der Waals surface area contributed by atoms with Gasteiger partial charge in [-0.1, -0.05) is 23.1 Å². The lowest BCUT2D eigenvalue weighted by molar-refractivity contribution is 0.0977. The largest absolute Gasteiger partial charge is 0.283 e. The van der Waals surface area contributed by atoms with Gasteiger partial charge in [0.2, 0.25) is 0 Å². The first-order chi connectivity index (χ1) is 10.9. The summed E-state index contributed by atoms with van der Waals surface area (Å²) in [5, 5.41) is 2.80. The summed E-state index contributed by atoms with van der Waals surface area (Å²) in [5.74, 6) is -0.751. The average Bonchev–Trinajstić information content (AvgIpc) is 3.12. The van der Waals surface area contributed by atoms with E-state index in [1.54, 1.807) is 19.2 Å². The molecule has 120 valence electrons. The predicted octanol–water partition coefficient (Wildman–Crippen LogP) is 2.90. The minimum absolute atomic E-state index is 0.0485. The highest BCUT2D eigenvalue weighted by molar-refractivity contribution is 8.00. The molecule has 0 aliphatic carbocycles.